The summed E-state index contributed by atoms with van der Waals surface area (Å²) in [6.45, 7) is 3.40. The Bertz CT molecular complexity index is 1360. The van der Waals surface area contributed by atoms with Crippen molar-refractivity contribution in [1.29, 1.82) is 0 Å². The van der Waals surface area contributed by atoms with Crippen LogP contribution in [0.4, 0.5) is 19.0 Å². The van der Waals surface area contributed by atoms with Gasteiger partial charge in [0.05, 0.1) is 29.1 Å². The minimum atomic E-state index is -4.63. The highest BCUT2D eigenvalue weighted by Crippen LogP contribution is 2.33. The lowest BCUT2D eigenvalue weighted by Crippen LogP contribution is -2.42. The summed E-state index contributed by atoms with van der Waals surface area (Å²) in [5.74, 6) is 0.630. The molecule has 0 saturated carbocycles. The van der Waals surface area contributed by atoms with E-state index in [9.17, 15) is 23.1 Å². The van der Waals surface area contributed by atoms with Gasteiger partial charge in [0, 0.05) is 36.5 Å². The molecule has 176 valence electrons. The first-order valence-corrected chi connectivity index (χ1v) is 10.9. The van der Waals surface area contributed by atoms with Gasteiger partial charge in [0.15, 0.2) is 11.6 Å². The van der Waals surface area contributed by atoms with Crippen molar-refractivity contribution >= 4 is 22.6 Å². The summed E-state index contributed by atoms with van der Waals surface area (Å²) in [4.78, 5) is 30.0. The van der Waals surface area contributed by atoms with Crippen molar-refractivity contribution in [3.63, 3.8) is 0 Å². The molecule has 10 heteroatoms. The minimum absolute atomic E-state index is 0.104. The van der Waals surface area contributed by atoms with Crippen molar-refractivity contribution in [2.24, 2.45) is 5.92 Å². The Kier molecular flexibility index (Phi) is 5.40. The summed E-state index contributed by atoms with van der Waals surface area (Å²) in [5.41, 5.74) is 0.564. The van der Waals surface area contributed by atoms with Crippen molar-refractivity contribution < 1.29 is 23.1 Å². The average Bonchev–Trinajstić information content (AvgIpc) is 3.46. The molecule has 0 amide bonds. The number of nitrogens with one attached hydrogen (secondary N) is 2. The summed E-state index contributed by atoms with van der Waals surface area (Å²) in [5, 5.41) is 9.97. The Morgan fingerprint density at radius 1 is 1.24 bits per heavy atom. The van der Waals surface area contributed by atoms with E-state index in [-0.39, 0.29) is 17.6 Å². The third-order valence-electron chi connectivity index (χ3n) is 6.22. The first kappa shape index (κ1) is 22.1. The summed E-state index contributed by atoms with van der Waals surface area (Å²) >= 11 is 0. The molecule has 4 heterocycles. The van der Waals surface area contributed by atoms with Gasteiger partial charge in [-0.25, -0.2) is 9.97 Å². The normalized spacial score (nSPS) is 19.0. The standard InChI is InChI=1S/C24H22F3N5O2/c1-13-12-32(7-6-20(13)33)21-9-17-19(11-29-21)31-23(30-17)18-8-14(10-28-18)22(34)15-4-2-3-5-16(15)24(25,26)27/h2-5,8-11,13,20,28,33H,6-7,12H2,1H3,(H,30,31)/t13-,20-/m1/s1. The number of hydrogen-bond acceptors (Lipinski definition) is 5. The molecule has 1 aliphatic rings. The number of aromatic amines is 2. The molecule has 2 atom stereocenters. The number of aromatic nitrogens is 4. The van der Waals surface area contributed by atoms with Crippen LogP contribution >= 0.6 is 0 Å². The molecule has 3 N–H and O–H groups in total. The summed E-state index contributed by atoms with van der Waals surface area (Å²) in [7, 11) is 0. The molecule has 1 aromatic carbocycles. The van der Waals surface area contributed by atoms with E-state index >= 15 is 0 Å². The third kappa shape index (κ3) is 4.05. The lowest BCUT2D eigenvalue weighted by molar-refractivity contribution is -0.137. The molecule has 34 heavy (non-hydrogen) atoms. The number of pyridine rings is 1. The first-order valence-electron chi connectivity index (χ1n) is 10.9. The van der Waals surface area contributed by atoms with E-state index in [2.05, 4.69) is 24.8 Å². The van der Waals surface area contributed by atoms with Crippen LogP contribution in [0, 0.1) is 5.92 Å². The molecule has 3 aromatic heterocycles. The molecule has 0 radical (unpaired) electrons. The Labute approximate surface area is 192 Å². The average molecular weight is 469 g/mol. The van der Waals surface area contributed by atoms with Gasteiger partial charge in [-0.15, -0.1) is 0 Å². The van der Waals surface area contributed by atoms with Crippen LogP contribution in [0.25, 0.3) is 22.6 Å². The number of benzene rings is 1. The molecule has 0 spiro atoms. The number of hydrogen-bond donors (Lipinski definition) is 3. The molecular weight excluding hydrogens is 447 g/mol. The number of aliphatic hydroxyl groups excluding tert-OH is 1. The number of carbonyl (C=O) groups excluding carboxylic acids is 1. The van der Waals surface area contributed by atoms with E-state index in [1.807, 2.05) is 13.0 Å². The minimum Gasteiger partial charge on any atom is -0.393 e. The summed E-state index contributed by atoms with van der Waals surface area (Å²) in [6.07, 6.45) is -1.24. The fourth-order valence-corrected chi connectivity index (χ4v) is 4.29. The highest BCUT2D eigenvalue weighted by Gasteiger charge is 2.35. The Morgan fingerprint density at radius 3 is 2.79 bits per heavy atom. The lowest BCUT2D eigenvalue weighted by Gasteiger charge is -2.35. The number of H-pyrrole nitrogens is 2. The van der Waals surface area contributed by atoms with Crippen molar-refractivity contribution in [2.45, 2.75) is 25.6 Å². The van der Waals surface area contributed by atoms with E-state index in [0.29, 0.717) is 36.5 Å². The highest BCUT2D eigenvalue weighted by molar-refractivity contribution is 6.10. The molecule has 1 saturated heterocycles. The Balaban J connectivity index is 1.42. The molecule has 7 nitrogen and oxygen atoms in total. The molecule has 0 aliphatic carbocycles. The van der Waals surface area contributed by atoms with Crippen LogP contribution in [-0.4, -0.2) is 50.0 Å². The number of rotatable bonds is 4. The number of ketones is 1. The number of anilines is 1. The number of nitrogens with zero attached hydrogens (tertiary/aromatic N) is 3. The van der Waals surface area contributed by atoms with E-state index in [4.69, 9.17) is 0 Å². The Hall–Kier alpha value is -3.66. The number of alkyl halides is 3. The Morgan fingerprint density at radius 2 is 2.03 bits per heavy atom. The van der Waals surface area contributed by atoms with Crippen molar-refractivity contribution in [1.82, 2.24) is 19.9 Å². The van der Waals surface area contributed by atoms with Crippen LogP contribution in [0.3, 0.4) is 0 Å². The van der Waals surface area contributed by atoms with Crippen LogP contribution < -0.4 is 4.90 Å². The second-order valence-corrected chi connectivity index (χ2v) is 8.60. The quantitative estimate of drug-likeness (QED) is 0.385. The molecule has 0 bridgehead atoms. The van der Waals surface area contributed by atoms with E-state index in [0.717, 1.165) is 17.4 Å². The summed E-state index contributed by atoms with van der Waals surface area (Å²) in [6, 6.07) is 8.09. The van der Waals surface area contributed by atoms with E-state index in [1.54, 1.807) is 6.20 Å². The largest absolute Gasteiger partial charge is 0.417 e. The van der Waals surface area contributed by atoms with Crippen molar-refractivity contribution in [2.75, 3.05) is 18.0 Å². The maximum atomic E-state index is 13.3. The van der Waals surface area contributed by atoms with Crippen LogP contribution in [0.1, 0.15) is 34.8 Å². The smallest absolute Gasteiger partial charge is 0.393 e. The molecule has 4 aromatic rings. The fraction of sp³-hybridized carbons (Fsp3) is 0.292. The van der Waals surface area contributed by atoms with Crippen LogP contribution in [-0.2, 0) is 6.18 Å². The van der Waals surface area contributed by atoms with Crippen LogP contribution in [0.5, 0.6) is 0 Å². The van der Waals surface area contributed by atoms with Gasteiger partial charge < -0.3 is 20.0 Å². The fourth-order valence-electron chi connectivity index (χ4n) is 4.29. The zero-order valence-corrected chi connectivity index (χ0v) is 18.2. The maximum Gasteiger partial charge on any atom is 0.417 e. The third-order valence-corrected chi connectivity index (χ3v) is 6.22. The zero-order chi connectivity index (χ0) is 24.0. The number of imidazole rings is 1. The van der Waals surface area contributed by atoms with Crippen LogP contribution in [0.2, 0.25) is 0 Å². The van der Waals surface area contributed by atoms with Gasteiger partial charge >= 0.3 is 6.18 Å². The van der Waals surface area contributed by atoms with E-state index in [1.165, 1.54) is 30.5 Å². The van der Waals surface area contributed by atoms with Gasteiger partial charge in [0.1, 0.15) is 11.3 Å². The zero-order valence-electron chi connectivity index (χ0n) is 18.2. The van der Waals surface area contributed by atoms with Crippen molar-refractivity contribution in [3.05, 3.63) is 65.5 Å². The number of piperidine rings is 1. The second-order valence-electron chi connectivity index (χ2n) is 8.60. The number of halogens is 3. The van der Waals surface area contributed by atoms with Crippen molar-refractivity contribution in [3.8, 4) is 11.5 Å². The van der Waals surface area contributed by atoms with Gasteiger partial charge in [0.2, 0.25) is 0 Å². The summed E-state index contributed by atoms with van der Waals surface area (Å²) < 4.78 is 40.0. The lowest BCUT2D eigenvalue weighted by atomic mass is 9.97. The van der Waals surface area contributed by atoms with Gasteiger partial charge in [-0.1, -0.05) is 25.1 Å². The predicted octanol–water partition coefficient (Wildman–Crippen LogP) is 4.41. The maximum absolute atomic E-state index is 13.3. The first-order chi connectivity index (χ1) is 16.2. The van der Waals surface area contributed by atoms with Gasteiger partial charge in [-0.05, 0) is 24.5 Å². The van der Waals surface area contributed by atoms with Gasteiger partial charge in [0.25, 0.3) is 0 Å². The topological polar surface area (TPSA) is 97.9 Å². The van der Waals surface area contributed by atoms with Crippen LogP contribution in [0.15, 0.2) is 48.8 Å². The number of aliphatic hydroxyl groups is 1. The van der Waals surface area contributed by atoms with E-state index < -0.39 is 23.1 Å². The highest BCUT2D eigenvalue weighted by atomic mass is 19.4. The molecule has 1 aliphatic heterocycles. The molecule has 5 rings (SSSR count). The van der Waals surface area contributed by atoms with Gasteiger partial charge in [-0.3, -0.25) is 4.79 Å². The van der Waals surface area contributed by atoms with Gasteiger partial charge in [-0.2, -0.15) is 13.2 Å². The number of fused-ring (bicyclic) bond motifs is 1. The SMILES string of the molecule is C[C@@H]1CN(c2cc3[nH]c(-c4cc(C(=O)c5ccccc5C(F)(F)F)c[nH]4)nc3cn2)CC[C@H]1O. The predicted molar refractivity (Wildman–Crippen MR) is 121 cm³/mol. The molecule has 1 fully saturated rings. The number of carbonyl (C=O) groups is 1. The molecule has 0 unspecified atom stereocenters. The monoisotopic (exact) mass is 469 g/mol. The molecular formula is C24H22F3N5O2. The second kappa shape index (κ2) is 8.28.